The van der Waals surface area contributed by atoms with Crippen LogP contribution < -0.4 is 10.8 Å². The number of benzene rings is 1. The molecule has 0 aliphatic rings. The summed E-state index contributed by atoms with van der Waals surface area (Å²) in [6, 6.07) is 7.39. The van der Waals surface area contributed by atoms with E-state index in [0.717, 1.165) is 23.3 Å². The van der Waals surface area contributed by atoms with Crippen LogP contribution in [0.2, 0.25) is 0 Å². The van der Waals surface area contributed by atoms with Crippen LogP contribution >= 0.6 is 12.4 Å². The molecule has 0 aliphatic carbocycles. The number of aromatic hydroxyl groups is 1. The molecule has 116 valence electrons. The van der Waals surface area contributed by atoms with Crippen LogP contribution in [-0.4, -0.2) is 30.2 Å². The van der Waals surface area contributed by atoms with Gasteiger partial charge in [0.1, 0.15) is 17.4 Å². The SMILES string of the molecule is CCC([NH3+])(CC)c1cccc(O)c1.CN(C)C(=O)[O-].Cl. The van der Waals surface area contributed by atoms with E-state index in [2.05, 4.69) is 19.6 Å². The van der Waals surface area contributed by atoms with Gasteiger partial charge in [-0.25, -0.2) is 0 Å². The van der Waals surface area contributed by atoms with Crippen molar-refractivity contribution >= 4 is 18.5 Å². The number of amides is 1. The summed E-state index contributed by atoms with van der Waals surface area (Å²) in [5.41, 5.74) is 5.29. The molecule has 0 fully saturated rings. The summed E-state index contributed by atoms with van der Waals surface area (Å²) in [6.07, 6.45) is 0.829. The average Bonchev–Trinajstić information content (AvgIpc) is 2.38. The molecule has 1 rings (SSSR count). The van der Waals surface area contributed by atoms with Crippen LogP contribution in [0.4, 0.5) is 4.79 Å². The maximum absolute atomic E-state index is 9.51. The predicted octanol–water partition coefficient (Wildman–Crippen LogP) is 0.962. The van der Waals surface area contributed by atoms with Crippen molar-refractivity contribution in [3.8, 4) is 5.75 Å². The zero-order valence-corrected chi connectivity index (χ0v) is 13.4. The van der Waals surface area contributed by atoms with E-state index >= 15 is 0 Å². The Bertz CT molecular complexity index is 407. The van der Waals surface area contributed by atoms with Gasteiger partial charge in [0.25, 0.3) is 0 Å². The Hall–Kier alpha value is -1.46. The first-order chi connectivity index (χ1) is 8.76. The second kappa shape index (κ2) is 9.44. The molecule has 0 unspecified atom stereocenters. The molecule has 6 heteroatoms. The number of hydrogen-bond acceptors (Lipinski definition) is 3. The molecular weight excluding hydrogens is 280 g/mol. The van der Waals surface area contributed by atoms with Gasteiger partial charge in [0.15, 0.2) is 0 Å². The van der Waals surface area contributed by atoms with Crippen LogP contribution in [-0.2, 0) is 5.54 Å². The number of quaternary nitrogens is 1. The largest absolute Gasteiger partial charge is 0.530 e. The smallest absolute Gasteiger partial charge is 0.136 e. The lowest BCUT2D eigenvalue weighted by molar-refractivity contribution is -0.490. The fraction of sp³-hybridized carbons (Fsp3) is 0.500. The molecule has 0 heterocycles. The summed E-state index contributed by atoms with van der Waals surface area (Å²) >= 11 is 0. The minimum absolute atomic E-state index is 0. The maximum atomic E-state index is 9.51. The fourth-order valence-corrected chi connectivity index (χ4v) is 1.49. The van der Waals surface area contributed by atoms with Crippen molar-refractivity contribution in [2.75, 3.05) is 14.1 Å². The number of nitrogens with zero attached hydrogens (tertiary/aromatic N) is 1. The number of carboxylic acid groups (broad SMARTS) is 1. The van der Waals surface area contributed by atoms with Gasteiger partial charge in [-0.3, -0.25) is 0 Å². The van der Waals surface area contributed by atoms with Gasteiger partial charge < -0.3 is 25.6 Å². The zero-order valence-electron chi connectivity index (χ0n) is 12.5. The van der Waals surface area contributed by atoms with E-state index in [0.29, 0.717) is 5.75 Å². The lowest BCUT2D eigenvalue weighted by atomic mass is 9.86. The molecule has 1 aromatic carbocycles. The van der Waals surface area contributed by atoms with Crippen LogP contribution in [0.1, 0.15) is 32.3 Å². The van der Waals surface area contributed by atoms with Crippen molar-refractivity contribution in [2.45, 2.75) is 32.2 Å². The number of carbonyl (C=O) groups is 1. The number of carbonyl (C=O) groups excluding carboxylic acids is 1. The highest BCUT2D eigenvalue weighted by Gasteiger charge is 2.27. The second-order valence-electron chi connectivity index (χ2n) is 4.70. The van der Waals surface area contributed by atoms with Crippen molar-refractivity contribution in [1.82, 2.24) is 4.90 Å². The third-order valence-electron chi connectivity index (χ3n) is 3.18. The fourth-order valence-electron chi connectivity index (χ4n) is 1.49. The van der Waals surface area contributed by atoms with Gasteiger partial charge in [0.2, 0.25) is 0 Å². The zero-order chi connectivity index (χ0) is 15.1. The van der Waals surface area contributed by atoms with Gasteiger partial charge in [0, 0.05) is 32.5 Å². The highest BCUT2D eigenvalue weighted by molar-refractivity contribution is 5.85. The third-order valence-corrected chi connectivity index (χ3v) is 3.18. The van der Waals surface area contributed by atoms with E-state index in [1.165, 1.54) is 14.1 Å². The molecule has 0 saturated heterocycles. The van der Waals surface area contributed by atoms with Crippen molar-refractivity contribution in [3.63, 3.8) is 0 Å². The molecule has 1 amide bonds. The Morgan fingerprint density at radius 1 is 1.35 bits per heavy atom. The summed E-state index contributed by atoms with van der Waals surface area (Å²) in [7, 11) is 2.82. The maximum Gasteiger partial charge on any atom is 0.136 e. The minimum atomic E-state index is -1.16. The molecular formula is C14H25ClN2O3. The van der Waals surface area contributed by atoms with Crippen molar-refractivity contribution in [2.24, 2.45) is 0 Å². The Morgan fingerprint density at radius 2 is 1.80 bits per heavy atom. The van der Waals surface area contributed by atoms with E-state index in [-0.39, 0.29) is 17.9 Å². The van der Waals surface area contributed by atoms with Gasteiger partial charge in [0.05, 0.1) is 0 Å². The monoisotopic (exact) mass is 304 g/mol. The average molecular weight is 305 g/mol. The highest BCUT2D eigenvalue weighted by Crippen LogP contribution is 2.25. The lowest BCUT2D eigenvalue weighted by Crippen LogP contribution is -2.69. The van der Waals surface area contributed by atoms with E-state index in [9.17, 15) is 15.0 Å². The number of phenols is 1. The number of phenolic OH excluding ortho intramolecular Hbond substituents is 1. The summed E-state index contributed by atoms with van der Waals surface area (Å²) in [5.74, 6) is 0.326. The van der Waals surface area contributed by atoms with Gasteiger partial charge in [-0.2, -0.15) is 0 Å². The van der Waals surface area contributed by atoms with Gasteiger partial charge >= 0.3 is 0 Å². The molecule has 0 saturated carbocycles. The molecule has 4 N–H and O–H groups in total. The second-order valence-corrected chi connectivity index (χ2v) is 4.70. The molecule has 0 spiro atoms. The molecule has 0 aliphatic heterocycles. The van der Waals surface area contributed by atoms with Crippen LogP contribution in [0, 0.1) is 0 Å². The van der Waals surface area contributed by atoms with Gasteiger partial charge in [-0.1, -0.05) is 26.0 Å². The molecule has 20 heavy (non-hydrogen) atoms. The normalized spacial score (nSPS) is 9.85. The van der Waals surface area contributed by atoms with Gasteiger partial charge in [-0.15, -0.1) is 12.4 Å². The Labute approximate surface area is 126 Å². The first-order valence-corrected chi connectivity index (χ1v) is 6.30. The van der Waals surface area contributed by atoms with Crippen LogP contribution in [0.15, 0.2) is 24.3 Å². The topological polar surface area (TPSA) is 91.2 Å². The van der Waals surface area contributed by atoms with Crippen LogP contribution in [0.25, 0.3) is 0 Å². The van der Waals surface area contributed by atoms with E-state index < -0.39 is 6.09 Å². The number of hydrogen-bond donors (Lipinski definition) is 2. The van der Waals surface area contributed by atoms with Crippen LogP contribution in [0.3, 0.4) is 0 Å². The van der Waals surface area contributed by atoms with E-state index in [1.54, 1.807) is 12.1 Å². The highest BCUT2D eigenvalue weighted by atomic mass is 35.5. The molecule has 0 bridgehead atoms. The quantitative estimate of drug-likeness (QED) is 0.871. The molecule has 5 nitrogen and oxygen atoms in total. The summed E-state index contributed by atoms with van der Waals surface area (Å²) in [4.78, 5) is 10.5. The van der Waals surface area contributed by atoms with Crippen molar-refractivity contribution in [1.29, 1.82) is 0 Å². The predicted molar refractivity (Wildman–Crippen MR) is 79.6 cm³/mol. The number of rotatable bonds is 3. The molecule has 0 radical (unpaired) electrons. The Balaban J connectivity index is 0. The molecule has 1 aromatic rings. The lowest BCUT2D eigenvalue weighted by Gasteiger charge is -2.23. The first kappa shape index (κ1) is 20.8. The summed E-state index contributed by atoms with van der Waals surface area (Å²) in [6.45, 7) is 4.25. The van der Waals surface area contributed by atoms with E-state index in [4.69, 9.17) is 0 Å². The van der Waals surface area contributed by atoms with Crippen molar-refractivity contribution in [3.05, 3.63) is 29.8 Å². The van der Waals surface area contributed by atoms with Crippen LogP contribution in [0.5, 0.6) is 5.75 Å². The molecule has 0 aromatic heterocycles. The minimum Gasteiger partial charge on any atom is -0.530 e. The standard InChI is InChI=1S/C11H17NO.C3H7NO2.ClH/c1-3-11(12,4-2)9-6-5-7-10(13)8-9;1-4(2)3(5)6;/h5-8,13H,3-4,12H2,1-2H3;1-2H3,(H,5,6);1H. The molecule has 0 atom stereocenters. The van der Waals surface area contributed by atoms with E-state index in [1.807, 2.05) is 12.1 Å². The first-order valence-electron chi connectivity index (χ1n) is 6.30. The summed E-state index contributed by atoms with van der Waals surface area (Å²) in [5, 5.41) is 18.9. The Morgan fingerprint density at radius 3 is 2.10 bits per heavy atom. The number of halogens is 1. The van der Waals surface area contributed by atoms with Gasteiger partial charge in [-0.05, 0) is 12.1 Å². The third kappa shape index (κ3) is 6.63. The van der Waals surface area contributed by atoms with Crippen molar-refractivity contribution < 1.29 is 20.7 Å². The summed E-state index contributed by atoms with van der Waals surface area (Å²) < 4.78 is 0. The Kier molecular flexibility index (Phi) is 9.85.